The molecule has 1 heterocycles. The van der Waals surface area contributed by atoms with E-state index in [1.54, 1.807) is 6.92 Å². The zero-order valence-electron chi connectivity index (χ0n) is 9.22. The first-order chi connectivity index (χ1) is 7.29. The average molecular weight is 238 g/mol. The van der Waals surface area contributed by atoms with Gasteiger partial charge in [-0.05, 0) is 6.92 Å². The molecule has 94 valence electrons. The largest absolute Gasteiger partial charge is 0.401 e. The number of amidine groups is 1. The van der Waals surface area contributed by atoms with E-state index in [0.29, 0.717) is 26.2 Å². The Balaban J connectivity index is 2.37. The number of piperazine rings is 1. The highest BCUT2D eigenvalue weighted by atomic mass is 19.4. The monoisotopic (exact) mass is 238 g/mol. The molecule has 3 N–H and O–H groups in total. The Morgan fingerprint density at radius 2 is 1.81 bits per heavy atom. The summed E-state index contributed by atoms with van der Waals surface area (Å²) in [6.45, 7) is 2.74. The average Bonchev–Trinajstić information content (AvgIpc) is 2.15. The second-order valence-electron chi connectivity index (χ2n) is 4.06. The molecule has 1 aliphatic heterocycles. The summed E-state index contributed by atoms with van der Waals surface area (Å²) in [5.74, 6) is 0.0595. The molecule has 0 aliphatic carbocycles. The number of nitrogens with zero attached hydrogens (tertiary/aromatic N) is 2. The minimum absolute atomic E-state index is 0.0595. The van der Waals surface area contributed by atoms with Gasteiger partial charge >= 0.3 is 6.18 Å². The van der Waals surface area contributed by atoms with Gasteiger partial charge in [-0.3, -0.25) is 15.2 Å². The zero-order valence-corrected chi connectivity index (χ0v) is 9.22. The Hall–Kier alpha value is -0.820. The minimum atomic E-state index is -4.13. The molecule has 0 amide bonds. The van der Waals surface area contributed by atoms with E-state index >= 15 is 0 Å². The smallest absolute Gasteiger partial charge is 0.386 e. The number of rotatable bonds is 3. The van der Waals surface area contributed by atoms with Crippen LogP contribution in [0.3, 0.4) is 0 Å². The molecule has 1 unspecified atom stereocenters. The predicted octanol–water partition coefficient (Wildman–Crippen LogP) is 0.491. The van der Waals surface area contributed by atoms with Crippen molar-refractivity contribution < 1.29 is 13.2 Å². The second kappa shape index (κ2) is 5.01. The molecule has 0 bridgehead atoms. The number of hydrogen-bond donors (Lipinski definition) is 2. The number of alkyl halides is 3. The van der Waals surface area contributed by atoms with E-state index in [-0.39, 0.29) is 11.9 Å². The second-order valence-corrected chi connectivity index (χ2v) is 4.06. The van der Waals surface area contributed by atoms with Gasteiger partial charge in [-0.1, -0.05) is 0 Å². The summed E-state index contributed by atoms with van der Waals surface area (Å²) >= 11 is 0. The maximum Gasteiger partial charge on any atom is 0.401 e. The summed E-state index contributed by atoms with van der Waals surface area (Å²) in [4.78, 5) is 3.30. The van der Waals surface area contributed by atoms with Crippen LogP contribution >= 0.6 is 0 Å². The van der Waals surface area contributed by atoms with E-state index in [2.05, 4.69) is 0 Å². The molecule has 1 aliphatic rings. The van der Waals surface area contributed by atoms with Crippen LogP contribution in [0.2, 0.25) is 0 Å². The number of hydrogen-bond acceptors (Lipinski definition) is 3. The highest BCUT2D eigenvalue weighted by Crippen LogP contribution is 2.17. The molecule has 0 aromatic heterocycles. The van der Waals surface area contributed by atoms with Crippen molar-refractivity contribution in [1.82, 2.24) is 9.80 Å². The van der Waals surface area contributed by atoms with Gasteiger partial charge < -0.3 is 5.73 Å². The SMILES string of the molecule is CC(C(=N)N)N1CCN(CC(F)(F)F)CC1. The quantitative estimate of drug-likeness (QED) is 0.556. The standard InChI is InChI=1S/C9H17F3N4/c1-7(8(13)14)16-4-2-15(3-5-16)6-9(10,11)12/h7H,2-6H2,1H3,(H3,13,14). The van der Waals surface area contributed by atoms with Crippen molar-refractivity contribution in [3.63, 3.8) is 0 Å². The first-order valence-corrected chi connectivity index (χ1v) is 5.16. The molecule has 0 radical (unpaired) electrons. The van der Waals surface area contributed by atoms with Gasteiger partial charge in [0.15, 0.2) is 0 Å². The number of nitrogens with one attached hydrogen (secondary N) is 1. The summed E-state index contributed by atoms with van der Waals surface area (Å²) in [7, 11) is 0. The van der Waals surface area contributed by atoms with Crippen LogP contribution in [-0.2, 0) is 0 Å². The van der Waals surface area contributed by atoms with E-state index < -0.39 is 12.7 Å². The van der Waals surface area contributed by atoms with Crippen LogP contribution in [0.15, 0.2) is 0 Å². The van der Waals surface area contributed by atoms with Gasteiger partial charge in [-0.25, -0.2) is 0 Å². The maximum atomic E-state index is 12.1. The lowest BCUT2D eigenvalue weighted by Crippen LogP contribution is -2.54. The van der Waals surface area contributed by atoms with E-state index in [1.807, 2.05) is 4.90 Å². The van der Waals surface area contributed by atoms with Gasteiger partial charge in [-0.15, -0.1) is 0 Å². The fourth-order valence-corrected chi connectivity index (χ4v) is 1.76. The Kier molecular flexibility index (Phi) is 4.15. The summed E-state index contributed by atoms with van der Waals surface area (Å²) in [6.07, 6.45) is -4.13. The Bertz CT molecular complexity index is 246. The van der Waals surface area contributed by atoms with Crippen LogP contribution in [0.25, 0.3) is 0 Å². The van der Waals surface area contributed by atoms with Gasteiger partial charge in [0, 0.05) is 26.2 Å². The molecule has 16 heavy (non-hydrogen) atoms. The van der Waals surface area contributed by atoms with Crippen molar-refractivity contribution in [2.75, 3.05) is 32.7 Å². The van der Waals surface area contributed by atoms with Crippen LogP contribution < -0.4 is 5.73 Å². The molecule has 0 aromatic rings. The van der Waals surface area contributed by atoms with Crippen LogP contribution in [-0.4, -0.2) is 60.6 Å². The van der Waals surface area contributed by atoms with Crippen molar-refractivity contribution in [1.29, 1.82) is 5.41 Å². The summed E-state index contributed by atoms with van der Waals surface area (Å²) in [6, 6.07) is -0.187. The van der Waals surface area contributed by atoms with E-state index in [9.17, 15) is 13.2 Å². The third kappa shape index (κ3) is 3.97. The highest BCUT2D eigenvalue weighted by molar-refractivity contribution is 5.82. The van der Waals surface area contributed by atoms with Crippen molar-refractivity contribution in [3.05, 3.63) is 0 Å². The molecular formula is C9H17F3N4. The van der Waals surface area contributed by atoms with Crippen LogP contribution in [0.4, 0.5) is 13.2 Å². The molecule has 0 spiro atoms. The van der Waals surface area contributed by atoms with Gasteiger partial charge in [0.25, 0.3) is 0 Å². The van der Waals surface area contributed by atoms with E-state index in [1.165, 1.54) is 4.90 Å². The Morgan fingerprint density at radius 3 is 2.19 bits per heavy atom. The van der Waals surface area contributed by atoms with Crippen LogP contribution in [0.1, 0.15) is 6.92 Å². The van der Waals surface area contributed by atoms with Crippen LogP contribution in [0, 0.1) is 5.41 Å². The fraction of sp³-hybridized carbons (Fsp3) is 0.889. The Morgan fingerprint density at radius 1 is 1.31 bits per heavy atom. The van der Waals surface area contributed by atoms with Crippen LogP contribution in [0.5, 0.6) is 0 Å². The van der Waals surface area contributed by atoms with Crippen molar-refractivity contribution in [2.45, 2.75) is 19.1 Å². The molecule has 1 rings (SSSR count). The molecular weight excluding hydrogens is 221 g/mol. The molecule has 1 saturated heterocycles. The van der Waals surface area contributed by atoms with Gasteiger partial charge in [0.05, 0.1) is 12.6 Å². The van der Waals surface area contributed by atoms with Crippen molar-refractivity contribution >= 4 is 5.84 Å². The van der Waals surface area contributed by atoms with Crippen molar-refractivity contribution in [3.8, 4) is 0 Å². The predicted molar refractivity (Wildman–Crippen MR) is 55.4 cm³/mol. The van der Waals surface area contributed by atoms with Gasteiger partial charge in [-0.2, -0.15) is 13.2 Å². The highest BCUT2D eigenvalue weighted by Gasteiger charge is 2.32. The van der Waals surface area contributed by atoms with Crippen molar-refractivity contribution in [2.24, 2.45) is 5.73 Å². The third-order valence-electron chi connectivity index (χ3n) is 2.81. The molecule has 0 saturated carbocycles. The Labute approximate surface area is 92.7 Å². The number of halogens is 3. The first kappa shape index (κ1) is 13.2. The lowest BCUT2D eigenvalue weighted by atomic mass is 10.2. The lowest BCUT2D eigenvalue weighted by Gasteiger charge is -2.37. The first-order valence-electron chi connectivity index (χ1n) is 5.16. The van der Waals surface area contributed by atoms with Gasteiger partial charge in [0.1, 0.15) is 5.84 Å². The molecule has 0 aromatic carbocycles. The topological polar surface area (TPSA) is 56.4 Å². The normalized spacial score (nSPS) is 22.0. The summed E-state index contributed by atoms with van der Waals surface area (Å²) in [5.41, 5.74) is 5.35. The van der Waals surface area contributed by atoms with E-state index in [0.717, 1.165) is 0 Å². The maximum absolute atomic E-state index is 12.1. The minimum Gasteiger partial charge on any atom is -0.386 e. The summed E-state index contributed by atoms with van der Waals surface area (Å²) < 4.78 is 36.3. The molecule has 4 nitrogen and oxygen atoms in total. The summed E-state index contributed by atoms with van der Waals surface area (Å²) in [5, 5.41) is 7.27. The molecule has 1 fully saturated rings. The number of nitrogens with two attached hydrogens (primary N) is 1. The van der Waals surface area contributed by atoms with E-state index in [4.69, 9.17) is 11.1 Å². The fourth-order valence-electron chi connectivity index (χ4n) is 1.76. The molecule has 1 atom stereocenters. The zero-order chi connectivity index (χ0) is 12.3. The lowest BCUT2D eigenvalue weighted by molar-refractivity contribution is -0.149. The van der Waals surface area contributed by atoms with Gasteiger partial charge in [0.2, 0.25) is 0 Å². The molecule has 7 heteroatoms. The third-order valence-corrected chi connectivity index (χ3v) is 2.81.